The van der Waals surface area contributed by atoms with E-state index >= 15 is 0 Å². The average molecular weight is 332 g/mol. The highest BCUT2D eigenvalue weighted by Gasteiger charge is 2.22. The fourth-order valence-corrected chi connectivity index (χ4v) is 2.27. The average Bonchev–Trinajstić information content (AvgIpc) is 2.95. The summed E-state index contributed by atoms with van der Waals surface area (Å²) in [7, 11) is 0. The Morgan fingerprint density at radius 1 is 1.29 bits per heavy atom. The quantitative estimate of drug-likeness (QED) is 0.840. The number of carboxylic acid groups (broad SMARTS) is 1. The van der Waals surface area contributed by atoms with E-state index in [1.165, 1.54) is 11.6 Å². The Morgan fingerprint density at radius 3 is 2.71 bits per heavy atom. The zero-order chi connectivity index (χ0) is 17.3. The summed E-state index contributed by atoms with van der Waals surface area (Å²) < 4.78 is 12.5. The number of benzene rings is 1. The number of hydrogen-bond acceptors (Lipinski definition) is 6. The smallest absolute Gasteiger partial charge is 0.325 e. The van der Waals surface area contributed by atoms with Crippen LogP contribution in [0, 0.1) is 6.92 Å². The first-order valence-electron chi connectivity index (χ1n) is 7.33. The van der Waals surface area contributed by atoms with E-state index in [1.807, 2.05) is 0 Å². The maximum Gasteiger partial charge on any atom is 0.325 e. The van der Waals surface area contributed by atoms with Gasteiger partial charge in [0, 0.05) is 6.07 Å². The van der Waals surface area contributed by atoms with Crippen molar-refractivity contribution in [2.24, 2.45) is 0 Å². The molecule has 1 atom stereocenters. The van der Waals surface area contributed by atoms with Gasteiger partial charge in [0.25, 0.3) is 5.91 Å². The third kappa shape index (κ3) is 2.87. The van der Waals surface area contributed by atoms with E-state index in [-0.39, 0.29) is 5.69 Å². The van der Waals surface area contributed by atoms with Crippen molar-refractivity contribution in [3.05, 3.63) is 29.6 Å². The van der Waals surface area contributed by atoms with Crippen LogP contribution in [0.1, 0.15) is 23.1 Å². The lowest BCUT2D eigenvalue weighted by Gasteiger charge is -2.18. The molecule has 9 nitrogen and oxygen atoms in total. The number of nitrogens with zero attached hydrogens (tertiary/aromatic N) is 3. The highest BCUT2D eigenvalue weighted by atomic mass is 16.6. The molecule has 3 rings (SSSR count). The van der Waals surface area contributed by atoms with E-state index in [4.69, 9.17) is 14.6 Å². The van der Waals surface area contributed by atoms with E-state index in [1.54, 1.807) is 25.1 Å². The van der Waals surface area contributed by atoms with Gasteiger partial charge in [-0.1, -0.05) is 5.21 Å². The number of rotatable bonds is 4. The molecule has 0 saturated heterocycles. The van der Waals surface area contributed by atoms with Gasteiger partial charge in [0.05, 0.1) is 11.4 Å². The molecule has 1 unspecified atom stereocenters. The minimum absolute atomic E-state index is 0.0676. The summed E-state index contributed by atoms with van der Waals surface area (Å²) in [6, 6.07) is 4.27. The number of carbonyl (C=O) groups is 2. The van der Waals surface area contributed by atoms with Crippen LogP contribution in [0.4, 0.5) is 0 Å². The maximum atomic E-state index is 12.1. The number of fused-ring (bicyclic) bond motifs is 1. The summed E-state index contributed by atoms with van der Waals surface area (Å²) in [4.78, 5) is 23.0. The predicted octanol–water partition coefficient (Wildman–Crippen LogP) is 0.550. The van der Waals surface area contributed by atoms with Gasteiger partial charge in [-0.2, -0.15) is 0 Å². The Bertz CT molecular complexity index is 801. The molecule has 0 saturated carbocycles. The molecule has 2 aromatic rings. The van der Waals surface area contributed by atoms with Crippen LogP contribution in [0.15, 0.2) is 18.2 Å². The molecule has 9 heteroatoms. The van der Waals surface area contributed by atoms with Crippen molar-refractivity contribution in [2.75, 3.05) is 13.2 Å². The first kappa shape index (κ1) is 15.8. The SMILES string of the molecule is Cc1c(C(=O)NC(C)C(=O)O)nnn1-c1ccc2c(c1)OCCO2. The van der Waals surface area contributed by atoms with Crippen molar-refractivity contribution < 1.29 is 24.2 Å². The third-order valence-corrected chi connectivity index (χ3v) is 3.60. The number of aliphatic carboxylic acids is 1. The van der Waals surface area contributed by atoms with Crippen molar-refractivity contribution >= 4 is 11.9 Å². The van der Waals surface area contributed by atoms with E-state index in [9.17, 15) is 9.59 Å². The highest BCUT2D eigenvalue weighted by Crippen LogP contribution is 2.32. The van der Waals surface area contributed by atoms with Gasteiger partial charge in [-0.25, -0.2) is 4.68 Å². The molecule has 1 aliphatic rings. The second-order valence-corrected chi connectivity index (χ2v) is 5.30. The van der Waals surface area contributed by atoms with Crippen LogP contribution in [-0.4, -0.2) is 51.2 Å². The summed E-state index contributed by atoms with van der Waals surface area (Å²) in [5, 5.41) is 19.0. The molecule has 2 N–H and O–H groups in total. The van der Waals surface area contributed by atoms with Crippen molar-refractivity contribution in [3.8, 4) is 17.2 Å². The summed E-state index contributed by atoms with van der Waals surface area (Å²) in [6.45, 7) is 4.02. The fourth-order valence-electron chi connectivity index (χ4n) is 2.27. The monoisotopic (exact) mass is 332 g/mol. The van der Waals surface area contributed by atoms with Crippen LogP contribution in [0.3, 0.4) is 0 Å². The molecule has 1 aliphatic heterocycles. The standard InChI is InChI=1S/C15H16N4O5/c1-8(15(21)22)16-14(20)13-9(2)19(18-17-13)10-3-4-11-12(7-10)24-6-5-23-11/h3-4,7-8H,5-6H2,1-2H3,(H,16,20)(H,21,22). The minimum atomic E-state index is -1.12. The van der Waals surface area contributed by atoms with Crippen molar-refractivity contribution in [1.29, 1.82) is 0 Å². The van der Waals surface area contributed by atoms with Crippen LogP contribution in [-0.2, 0) is 4.79 Å². The van der Waals surface area contributed by atoms with Gasteiger partial charge >= 0.3 is 5.97 Å². The van der Waals surface area contributed by atoms with Gasteiger partial charge < -0.3 is 19.9 Å². The summed E-state index contributed by atoms with van der Waals surface area (Å²) in [6.07, 6.45) is 0. The van der Waals surface area contributed by atoms with Crippen LogP contribution >= 0.6 is 0 Å². The molecule has 126 valence electrons. The van der Waals surface area contributed by atoms with Gasteiger partial charge in [0.2, 0.25) is 0 Å². The maximum absolute atomic E-state index is 12.1. The summed E-state index contributed by atoms with van der Waals surface area (Å²) in [5.41, 5.74) is 1.22. The van der Waals surface area contributed by atoms with E-state index < -0.39 is 17.9 Å². The largest absolute Gasteiger partial charge is 0.486 e. The topological polar surface area (TPSA) is 116 Å². The number of ether oxygens (including phenoxy) is 2. The molecule has 0 aliphatic carbocycles. The van der Waals surface area contributed by atoms with Crippen LogP contribution in [0.5, 0.6) is 11.5 Å². The van der Waals surface area contributed by atoms with Gasteiger partial charge in [-0.3, -0.25) is 9.59 Å². The summed E-state index contributed by atoms with van der Waals surface area (Å²) in [5.74, 6) is -0.471. The van der Waals surface area contributed by atoms with Gasteiger partial charge in [0.15, 0.2) is 17.2 Å². The second kappa shape index (κ2) is 6.19. The lowest BCUT2D eigenvalue weighted by atomic mass is 10.2. The third-order valence-electron chi connectivity index (χ3n) is 3.60. The normalized spacial score (nSPS) is 14.1. The molecule has 1 amide bonds. The van der Waals surface area contributed by atoms with Gasteiger partial charge in [0.1, 0.15) is 19.3 Å². The minimum Gasteiger partial charge on any atom is -0.486 e. The Kier molecular flexibility index (Phi) is 4.07. The van der Waals surface area contributed by atoms with E-state index in [0.29, 0.717) is 36.1 Å². The number of aromatic nitrogens is 3. The van der Waals surface area contributed by atoms with Gasteiger partial charge in [-0.15, -0.1) is 5.10 Å². The number of hydrogen-bond donors (Lipinski definition) is 2. The first-order valence-corrected chi connectivity index (χ1v) is 7.33. The molecule has 1 aromatic carbocycles. The summed E-state index contributed by atoms with van der Waals surface area (Å²) >= 11 is 0. The number of amides is 1. The zero-order valence-electron chi connectivity index (χ0n) is 13.1. The zero-order valence-corrected chi connectivity index (χ0v) is 13.1. The lowest BCUT2D eigenvalue weighted by molar-refractivity contribution is -0.138. The fraction of sp³-hybridized carbons (Fsp3) is 0.333. The van der Waals surface area contributed by atoms with Crippen molar-refractivity contribution in [2.45, 2.75) is 19.9 Å². The Balaban J connectivity index is 1.87. The second-order valence-electron chi connectivity index (χ2n) is 5.30. The van der Waals surface area contributed by atoms with Crippen molar-refractivity contribution in [3.63, 3.8) is 0 Å². The Hall–Kier alpha value is -3.10. The van der Waals surface area contributed by atoms with Crippen LogP contribution in [0.25, 0.3) is 5.69 Å². The molecule has 0 radical (unpaired) electrons. The molecule has 1 aromatic heterocycles. The Morgan fingerprint density at radius 2 is 2.00 bits per heavy atom. The number of carbonyl (C=O) groups excluding carboxylic acids is 1. The number of carboxylic acids is 1. The van der Waals surface area contributed by atoms with E-state index in [2.05, 4.69) is 15.6 Å². The molecule has 0 spiro atoms. The Labute approximate surface area is 137 Å². The molecule has 0 fully saturated rings. The highest BCUT2D eigenvalue weighted by molar-refractivity contribution is 5.95. The van der Waals surface area contributed by atoms with E-state index in [0.717, 1.165) is 0 Å². The van der Waals surface area contributed by atoms with Crippen LogP contribution < -0.4 is 14.8 Å². The molecule has 2 heterocycles. The first-order chi connectivity index (χ1) is 11.5. The lowest BCUT2D eigenvalue weighted by Crippen LogP contribution is -2.38. The molecule has 0 bridgehead atoms. The predicted molar refractivity (Wildman–Crippen MR) is 81.7 cm³/mol. The van der Waals surface area contributed by atoms with Gasteiger partial charge in [-0.05, 0) is 26.0 Å². The molecular weight excluding hydrogens is 316 g/mol. The molecule has 24 heavy (non-hydrogen) atoms. The van der Waals surface area contributed by atoms with Crippen molar-refractivity contribution in [1.82, 2.24) is 20.3 Å². The number of nitrogens with one attached hydrogen (secondary N) is 1. The molecular formula is C15H16N4O5. The van der Waals surface area contributed by atoms with Crippen LogP contribution in [0.2, 0.25) is 0 Å².